The Morgan fingerprint density at radius 3 is 2.86 bits per heavy atom. The molecule has 6 heteroatoms. The molecule has 2 N–H and O–H groups in total. The Hall–Kier alpha value is -2.47. The Bertz CT molecular complexity index is 648. The second-order valence-corrected chi connectivity index (χ2v) is 5.33. The molecule has 0 radical (unpaired) electrons. The van der Waals surface area contributed by atoms with E-state index in [0.717, 1.165) is 18.5 Å². The SMILES string of the molecule is O=C(c1cccc(Nc2ncccn2)c1)N1CCCC(O)C1. The maximum Gasteiger partial charge on any atom is 0.254 e. The van der Waals surface area contributed by atoms with E-state index in [9.17, 15) is 9.90 Å². The summed E-state index contributed by atoms with van der Waals surface area (Å²) in [5, 5.41) is 12.8. The fourth-order valence-corrected chi connectivity index (χ4v) is 2.54. The number of nitrogens with one attached hydrogen (secondary N) is 1. The van der Waals surface area contributed by atoms with Gasteiger partial charge in [0.1, 0.15) is 0 Å². The van der Waals surface area contributed by atoms with Crippen LogP contribution in [-0.2, 0) is 0 Å². The number of likely N-dealkylation sites (tertiary alicyclic amines) is 1. The average molecular weight is 298 g/mol. The number of nitrogens with zero attached hydrogens (tertiary/aromatic N) is 3. The summed E-state index contributed by atoms with van der Waals surface area (Å²) in [6, 6.07) is 8.98. The van der Waals surface area contributed by atoms with Crippen molar-refractivity contribution in [3.63, 3.8) is 0 Å². The molecule has 1 unspecified atom stereocenters. The molecule has 1 atom stereocenters. The minimum absolute atomic E-state index is 0.0589. The van der Waals surface area contributed by atoms with Gasteiger partial charge in [-0.1, -0.05) is 6.07 Å². The molecule has 1 saturated heterocycles. The second-order valence-electron chi connectivity index (χ2n) is 5.33. The molecular weight excluding hydrogens is 280 g/mol. The van der Waals surface area contributed by atoms with Crippen LogP contribution in [0.4, 0.5) is 11.6 Å². The summed E-state index contributed by atoms with van der Waals surface area (Å²) in [6.45, 7) is 1.09. The van der Waals surface area contributed by atoms with Gasteiger partial charge in [-0.15, -0.1) is 0 Å². The highest BCUT2D eigenvalue weighted by molar-refractivity contribution is 5.95. The third-order valence-corrected chi connectivity index (χ3v) is 3.62. The van der Waals surface area contributed by atoms with Crippen molar-refractivity contribution in [3.05, 3.63) is 48.3 Å². The van der Waals surface area contributed by atoms with Crippen molar-refractivity contribution in [3.8, 4) is 0 Å². The van der Waals surface area contributed by atoms with Gasteiger partial charge < -0.3 is 15.3 Å². The lowest BCUT2D eigenvalue weighted by Gasteiger charge is -2.30. The number of aromatic nitrogens is 2. The number of hydrogen-bond acceptors (Lipinski definition) is 5. The highest BCUT2D eigenvalue weighted by Gasteiger charge is 2.23. The Labute approximate surface area is 128 Å². The molecule has 114 valence electrons. The van der Waals surface area contributed by atoms with E-state index in [1.54, 1.807) is 35.5 Å². The molecule has 1 aromatic heterocycles. The average Bonchev–Trinajstić information content (AvgIpc) is 2.55. The minimum atomic E-state index is -0.420. The number of carbonyl (C=O) groups excluding carboxylic acids is 1. The van der Waals surface area contributed by atoms with Gasteiger partial charge in [0.15, 0.2) is 0 Å². The number of anilines is 2. The Kier molecular flexibility index (Phi) is 4.29. The monoisotopic (exact) mass is 298 g/mol. The van der Waals surface area contributed by atoms with Crippen molar-refractivity contribution in [2.24, 2.45) is 0 Å². The summed E-state index contributed by atoms with van der Waals surface area (Å²) in [7, 11) is 0. The number of benzene rings is 1. The maximum absolute atomic E-state index is 12.5. The number of aliphatic hydroxyl groups excluding tert-OH is 1. The number of amides is 1. The van der Waals surface area contributed by atoms with Crippen LogP contribution in [0.25, 0.3) is 0 Å². The molecule has 1 aliphatic heterocycles. The molecule has 2 aromatic rings. The summed E-state index contributed by atoms with van der Waals surface area (Å²) >= 11 is 0. The van der Waals surface area contributed by atoms with Crippen LogP contribution >= 0.6 is 0 Å². The summed E-state index contributed by atoms with van der Waals surface area (Å²) < 4.78 is 0. The number of piperidine rings is 1. The van der Waals surface area contributed by atoms with Crippen molar-refractivity contribution in [1.82, 2.24) is 14.9 Å². The quantitative estimate of drug-likeness (QED) is 0.903. The summed E-state index contributed by atoms with van der Waals surface area (Å²) in [4.78, 5) is 22.4. The van der Waals surface area contributed by atoms with Crippen LogP contribution in [0.15, 0.2) is 42.7 Å². The van der Waals surface area contributed by atoms with Crippen LogP contribution in [0.3, 0.4) is 0 Å². The van der Waals surface area contributed by atoms with Gasteiger partial charge in [0.25, 0.3) is 5.91 Å². The zero-order chi connectivity index (χ0) is 15.4. The molecule has 0 saturated carbocycles. The lowest BCUT2D eigenvalue weighted by molar-refractivity contribution is 0.0474. The third kappa shape index (κ3) is 3.40. The molecular formula is C16H18N4O2. The fourth-order valence-electron chi connectivity index (χ4n) is 2.54. The molecule has 2 heterocycles. The van der Waals surface area contributed by atoms with Gasteiger partial charge in [-0.2, -0.15) is 0 Å². The van der Waals surface area contributed by atoms with E-state index >= 15 is 0 Å². The van der Waals surface area contributed by atoms with Crippen molar-refractivity contribution < 1.29 is 9.90 Å². The normalized spacial score (nSPS) is 18.0. The number of hydrogen-bond donors (Lipinski definition) is 2. The van der Waals surface area contributed by atoms with Gasteiger partial charge in [0.2, 0.25) is 5.95 Å². The number of β-amino-alcohol motifs (C(OH)–C–C–N with tert-alkyl or cyclic N) is 1. The van der Waals surface area contributed by atoms with Gasteiger partial charge in [0, 0.05) is 36.7 Å². The van der Waals surface area contributed by atoms with Gasteiger partial charge in [-0.3, -0.25) is 4.79 Å². The molecule has 22 heavy (non-hydrogen) atoms. The van der Waals surface area contributed by atoms with Gasteiger partial charge in [0.05, 0.1) is 6.10 Å². The number of aliphatic hydroxyl groups is 1. The minimum Gasteiger partial charge on any atom is -0.391 e. The molecule has 0 spiro atoms. The van der Waals surface area contributed by atoms with E-state index in [1.165, 1.54) is 0 Å². The van der Waals surface area contributed by atoms with Crippen LogP contribution in [-0.4, -0.2) is 45.1 Å². The van der Waals surface area contributed by atoms with E-state index in [0.29, 0.717) is 24.6 Å². The van der Waals surface area contributed by atoms with Gasteiger partial charge >= 0.3 is 0 Å². The van der Waals surface area contributed by atoms with E-state index in [2.05, 4.69) is 15.3 Å². The molecule has 0 aliphatic carbocycles. The Morgan fingerprint density at radius 2 is 2.09 bits per heavy atom. The Balaban J connectivity index is 1.74. The number of carbonyl (C=O) groups is 1. The van der Waals surface area contributed by atoms with Crippen LogP contribution in [0, 0.1) is 0 Å². The molecule has 6 nitrogen and oxygen atoms in total. The van der Waals surface area contributed by atoms with Crippen molar-refractivity contribution in [2.45, 2.75) is 18.9 Å². The van der Waals surface area contributed by atoms with Gasteiger partial charge in [-0.05, 0) is 37.1 Å². The zero-order valence-corrected chi connectivity index (χ0v) is 12.1. The Morgan fingerprint density at radius 1 is 1.27 bits per heavy atom. The fraction of sp³-hybridized carbons (Fsp3) is 0.312. The first-order chi connectivity index (χ1) is 10.7. The predicted molar refractivity (Wildman–Crippen MR) is 82.9 cm³/mol. The van der Waals surface area contributed by atoms with Crippen LogP contribution in [0.1, 0.15) is 23.2 Å². The third-order valence-electron chi connectivity index (χ3n) is 3.62. The first-order valence-corrected chi connectivity index (χ1v) is 7.34. The molecule has 1 aliphatic rings. The summed E-state index contributed by atoms with van der Waals surface area (Å²) in [6.07, 6.45) is 4.48. The van der Waals surface area contributed by atoms with E-state index < -0.39 is 6.10 Å². The van der Waals surface area contributed by atoms with Crippen LogP contribution < -0.4 is 5.32 Å². The lowest BCUT2D eigenvalue weighted by atomic mass is 10.1. The largest absolute Gasteiger partial charge is 0.391 e. The highest BCUT2D eigenvalue weighted by atomic mass is 16.3. The smallest absolute Gasteiger partial charge is 0.254 e. The predicted octanol–water partition coefficient (Wildman–Crippen LogP) is 1.82. The molecule has 1 amide bonds. The first-order valence-electron chi connectivity index (χ1n) is 7.34. The summed E-state index contributed by atoms with van der Waals surface area (Å²) in [5.41, 5.74) is 1.35. The van der Waals surface area contributed by atoms with E-state index in [-0.39, 0.29) is 5.91 Å². The molecule has 3 rings (SSSR count). The second kappa shape index (κ2) is 6.53. The molecule has 0 bridgehead atoms. The number of rotatable bonds is 3. The zero-order valence-electron chi connectivity index (χ0n) is 12.1. The van der Waals surface area contributed by atoms with E-state index in [4.69, 9.17) is 0 Å². The lowest BCUT2D eigenvalue weighted by Crippen LogP contribution is -2.42. The molecule has 1 fully saturated rings. The first kappa shape index (κ1) is 14.5. The van der Waals surface area contributed by atoms with Crippen molar-refractivity contribution >= 4 is 17.5 Å². The molecule has 1 aromatic carbocycles. The topological polar surface area (TPSA) is 78.4 Å². The van der Waals surface area contributed by atoms with Crippen molar-refractivity contribution in [1.29, 1.82) is 0 Å². The van der Waals surface area contributed by atoms with Crippen LogP contribution in [0.5, 0.6) is 0 Å². The van der Waals surface area contributed by atoms with Crippen molar-refractivity contribution in [2.75, 3.05) is 18.4 Å². The highest BCUT2D eigenvalue weighted by Crippen LogP contribution is 2.18. The van der Waals surface area contributed by atoms with E-state index in [1.807, 2.05) is 12.1 Å². The van der Waals surface area contributed by atoms with Crippen LogP contribution in [0.2, 0.25) is 0 Å². The maximum atomic E-state index is 12.5. The van der Waals surface area contributed by atoms with Gasteiger partial charge in [-0.25, -0.2) is 9.97 Å². The standard InChI is InChI=1S/C16H18N4O2/c21-14-6-2-9-20(11-14)15(22)12-4-1-5-13(10-12)19-16-17-7-3-8-18-16/h1,3-5,7-8,10,14,21H,2,6,9,11H2,(H,17,18,19). The summed E-state index contributed by atoms with van der Waals surface area (Å²) in [5.74, 6) is 0.428.